The van der Waals surface area contributed by atoms with E-state index in [0.717, 1.165) is 31.6 Å². The van der Waals surface area contributed by atoms with E-state index in [1.165, 1.54) is 0 Å². The van der Waals surface area contributed by atoms with Gasteiger partial charge in [-0.25, -0.2) is 0 Å². The maximum atomic E-state index is 11.8. The lowest BCUT2D eigenvalue weighted by Crippen LogP contribution is -2.40. The van der Waals surface area contributed by atoms with Crippen LogP contribution in [0.4, 0.5) is 5.69 Å². The molecule has 0 aromatic heterocycles. The monoisotopic (exact) mass is 291 g/mol. The molecule has 0 saturated carbocycles. The molecule has 2 amide bonds. The minimum atomic E-state index is -0.214. The number of rotatable bonds is 6. The van der Waals surface area contributed by atoms with Gasteiger partial charge in [0.05, 0.1) is 25.9 Å². The normalized spacial score (nSPS) is 13.9. The Morgan fingerprint density at radius 2 is 1.90 bits per heavy atom. The zero-order valence-electron chi connectivity index (χ0n) is 12.2. The Morgan fingerprint density at radius 1 is 1.19 bits per heavy atom. The molecule has 0 atom stereocenters. The molecule has 6 heteroatoms. The Morgan fingerprint density at radius 3 is 2.62 bits per heavy atom. The van der Waals surface area contributed by atoms with Gasteiger partial charge in [-0.3, -0.25) is 9.59 Å². The lowest BCUT2D eigenvalue weighted by molar-refractivity contribution is -0.131. The third-order valence-corrected chi connectivity index (χ3v) is 3.44. The fraction of sp³-hybridized carbons (Fsp3) is 0.467. The van der Waals surface area contributed by atoms with Crippen LogP contribution in [0.25, 0.3) is 0 Å². The van der Waals surface area contributed by atoms with E-state index in [4.69, 9.17) is 4.74 Å². The smallest absolute Gasteiger partial charge is 0.241 e. The maximum Gasteiger partial charge on any atom is 0.241 e. The molecule has 1 aliphatic rings. The summed E-state index contributed by atoms with van der Waals surface area (Å²) in [5.41, 5.74) is 0.751. The van der Waals surface area contributed by atoms with Gasteiger partial charge >= 0.3 is 0 Å². The number of amides is 2. The van der Waals surface area contributed by atoms with Gasteiger partial charge in [-0.1, -0.05) is 12.1 Å². The molecule has 0 radical (unpaired) electrons. The summed E-state index contributed by atoms with van der Waals surface area (Å²) in [5.74, 6) is 0.449. The van der Waals surface area contributed by atoms with Crippen LogP contribution in [0, 0.1) is 0 Å². The number of benzene rings is 1. The highest BCUT2D eigenvalue weighted by molar-refractivity contribution is 5.87. The van der Waals surface area contributed by atoms with Crippen molar-refractivity contribution in [3.8, 4) is 5.75 Å². The van der Waals surface area contributed by atoms with Crippen molar-refractivity contribution in [3.05, 3.63) is 24.3 Å². The average molecular weight is 291 g/mol. The van der Waals surface area contributed by atoms with Crippen LogP contribution in [0.1, 0.15) is 12.8 Å². The number of hydrogen-bond acceptors (Lipinski definition) is 4. The Bertz CT molecular complexity index is 499. The molecule has 1 aromatic rings. The van der Waals surface area contributed by atoms with E-state index in [9.17, 15) is 9.59 Å². The van der Waals surface area contributed by atoms with E-state index in [-0.39, 0.29) is 24.9 Å². The van der Waals surface area contributed by atoms with Gasteiger partial charge in [0.2, 0.25) is 11.8 Å². The molecular weight excluding hydrogens is 270 g/mol. The number of nitrogens with zero attached hydrogens (tertiary/aromatic N) is 1. The second-order valence-electron chi connectivity index (χ2n) is 4.92. The molecular formula is C15H21N3O3. The molecule has 1 fully saturated rings. The van der Waals surface area contributed by atoms with Gasteiger partial charge < -0.3 is 20.3 Å². The van der Waals surface area contributed by atoms with Crippen molar-refractivity contribution in [2.75, 3.05) is 38.6 Å². The molecule has 1 heterocycles. The summed E-state index contributed by atoms with van der Waals surface area (Å²) < 4.78 is 5.19. The predicted octanol–water partition coefficient (Wildman–Crippen LogP) is 0.846. The van der Waals surface area contributed by atoms with Crippen molar-refractivity contribution in [1.29, 1.82) is 0 Å². The van der Waals surface area contributed by atoms with Crippen molar-refractivity contribution in [3.63, 3.8) is 0 Å². The number of nitrogens with one attached hydrogen (secondary N) is 2. The lowest BCUT2D eigenvalue weighted by Gasteiger charge is -2.16. The molecule has 0 spiro atoms. The minimum Gasteiger partial charge on any atom is -0.495 e. The minimum absolute atomic E-state index is 0.0156. The third-order valence-electron chi connectivity index (χ3n) is 3.44. The number of para-hydroxylation sites is 2. The van der Waals surface area contributed by atoms with Crippen LogP contribution in [-0.4, -0.2) is 50.0 Å². The number of carbonyl (C=O) groups is 2. The van der Waals surface area contributed by atoms with Gasteiger partial charge in [0.15, 0.2) is 0 Å². The number of carbonyl (C=O) groups excluding carboxylic acids is 2. The quantitative estimate of drug-likeness (QED) is 0.815. The summed E-state index contributed by atoms with van der Waals surface area (Å²) in [6.07, 6.45) is 2.10. The highest BCUT2D eigenvalue weighted by Gasteiger charge is 2.18. The molecule has 0 unspecified atom stereocenters. The Balaban J connectivity index is 1.73. The Kier molecular flexibility index (Phi) is 5.43. The molecule has 1 aromatic carbocycles. The van der Waals surface area contributed by atoms with Crippen LogP contribution in [0.5, 0.6) is 5.75 Å². The molecule has 1 saturated heterocycles. The molecule has 114 valence electrons. The zero-order chi connectivity index (χ0) is 15.1. The number of anilines is 1. The van der Waals surface area contributed by atoms with Crippen LogP contribution in [-0.2, 0) is 9.59 Å². The number of hydrogen-bond donors (Lipinski definition) is 2. The van der Waals surface area contributed by atoms with Crippen molar-refractivity contribution in [2.24, 2.45) is 0 Å². The van der Waals surface area contributed by atoms with Crippen LogP contribution < -0.4 is 15.4 Å². The van der Waals surface area contributed by atoms with E-state index in [1.807, 2.05) is 24.3 Å². The summed E-state index contributed by atoms with van der Waals surface area (Å²) in [7, 11) is 1.58. The van der Waals surface area contributed by atoms with Gasteiger partial charge in [0.1, 0.15) is 5.75 Å². The molecule has 2 N–H and O–H groups in total. The Hall–Kier alpha value is -2.24. The first-order valence-corrected chi connectivity index (χ1v) is 7.12. The van der Waals surface area contributed by atoms with Gasteiger partial charge in [0, 0.05) is 13.1 Å². The second kappa shape index (κ2) is 7.52. The standard InChI is InChI=1S/C15H21N3O3/c1-21-13-7-3-2-6-12(13)16-10-14(19)17-11-15(20)18-8-4-5-9-18/h2-3,6-7,16H,4-5,8-11H2,1H3,(H,17,19). The fourth-order valence-electron chi connectivity index (χ4n) is 2.28. The van der Waals surface area contributed by atoms with Crippen LogP contribution in [0.2, 0.25) is 0 Å². The molecule has 1 aliphatic heterocycles. The largest absolute Gasteiger partial charge is 0.495 e. The van der Waals surface area contributed by atoms with E-state index >= 15 is 0 Å². The van der Waals surface area contributed by atoms with Gasteiger partial charge in [-0.15, -0.1) is 0 Å². The van der Waals surface area contributed by atoms with E-state index in [2.05, 4.69) is 10.6 Å². The van der Waals surface area contributed by atoms with Crippen LogP contribution in [0.3, 0.4) is 0 Å². The molecule has 0 bridgehead atoms. The predicted molar refractivity (Wildman–Crippen MR) is 80.3 cm³/mol. The lowest BCUT2D eigenvalue weighted by atomic mass is 10.3. The van der Waals surface area contributed by atoms with Gasteiger partial charge in [0.25, 0.3) is 0 Å². The van der Waals surface area contributed by atoms with Crippen molar-refractivity contribution in [1.82, 2.24) is 10.2 Å². The highest BCUT2D eigenvalue weighted by Crippen LogP contribution is 2.22. The number of ether oxygens (including phenoxy) is 1. The molecule has 2 rings (SSSR count). The van der Waals surface area contributed by atoms with Crippen molar-refractivity contribution in [2.45, 2.75) is 12.8 Å². The first-order valence-electron chi connectivity index (χ1n) is 7.12. The summed E-state index contributed by atoms with van der Waals surface area (Å²) in [5, 5.41) is 5.63. The van der Waals surface area contributed by atoms with E-state index < -0.39 is 0 Å². The molecule has 21 heavy (non-hydrogen) atoms. The highest BCUT2D eigenvalue weighted by atomic mass is 16.5. The third kappa shape index (κ3) is 4.37. The van der Waals surface area contributed by atoms with Gasteiger partial charge in [-0.05, 0) is 25.0 Å². The van der Waals surface area contributed by atoms with Crippen molar-refractivity contribution < 1.29 is 14.3 Å². The summed E-state index contributed by atoms with van der Waals surface area (Å²) in [6.45, 7) is 1.77. The van der Waals surface area contributed by atoms with Crippen molar-refractivity contribution >= 4 is 17.5 Å². The van der Waals surface area contributed by atoms with E-state index in [1.54, 1.807) is 12.0 Å². The summed E-state index contributed by atoms with van der Waals surface area (Å²) in [4.78, 5) is 25.3. The number of methoxy groups -OCH3 is 1. The SMILES string of the molecule is COc1ccccc1NCC(=O)NCC(=O)N1CCCC1. The van der Waals surface area contributed by atoms with Gasteiger partial charge in [-0.2, -0.15) is 0 Å². The zero-order valence-corrected chi connectivity index (χ0v) is 12.2. The first kappa shape index (κ1) is 15.2. The van der Waals surface area contributed by atoms with Crippen LogP contribution >= 0.6 is 0 Å². The topological polar surface area (TPSA) is 70.7 Å². The summed E-state index contributed by atoms with van der Waals surface area (Å²) >= 11 is 0. The second-order valence-corrected chi connectivity index (χ2v) is 4.92. The van der Waals surface area contributed by atoms with Crippen LogP contribution in [0.15, 0.2) is 24.3 Å². The average Bonchev–Trinajstić information content (AvgIpc) is 3.05. The number of likely N-dealkylation sites (tertiary alicyclic amines) is 1. The molecule has 6 nitrogen and oxygen atoms in total. The first-order chi connectivity index (χ1) is 10.2. The maximum absolute atomic E-state index is 11.8. The molecule has 0 aliphatic carbocycles. The summed E-state index contributed by atoms with van der Waals surface area (Å²) in [6, 6.07) is 7.37. The fourth-order valence-corrected chi connectivity index (χ4v) is 2.28. The Labute approximate surface area is 124 Å². The van der Waals surface area contributed by atoms with E-state index in [0.29, 0.717) is 5.75 Å².